The molecule has 10 rings (SSSR count). The molecule has 6 heteroatoms. The Labute approximate surface area is 407 Å². The largest absolute Gasteiger partial charge is 0.481 e. The second-order valence-electron chi connectivity index (χ2n) is 29.4. The Morgan fingerprint density at radius 3 is 1.31 bits per heavy atom. The topological polar surface area (TPSA) is 112 Å². The Morgan fingerprint density at radius 2 is 0.896 bits per heavy atom. The van der Waals surface area contributed by atoms with Crippen LogP contribution in [0.3, 0.4) is 0 Å². The summed E-state index contributed by atoms with van der Waals surface area (Å²) in [5.41, 5.74) is 1.66. The number of fused-ring (bicyclic) bond motifs is 14. The molecule has 0 aromatic heterocycles. The number of carboxylic acid groups (broad SMARTS) is 2. The molecule has 3 N–H and O–H groups in total. The zero-order valence-electron chi connectivity index (χ0n) is 44.9. The van der Waals surface area contributed by atoms with Gasteiger partial charge in [0.05, 0.1) is 16.4 Å². The summed E-state index contributed by atoms with van der Waals surface area (Å²) in [4.78, 5) is 38.4. The van der Waals surface area contributed by atoms with Crippen LogP contribution in [0.15, 0.2) is 24.3 Å². The molecule has 0 amide bonds. The highest BCUT2D eigenvalue weighted by atomic mass is 16.4. The Balaban J connectivity index is 0.000000168. The van der Waals surface area contributed by atoms with Gasteiger partial charge < -0.3 is 15.3 Å². The van der Waals surface area contributed by atoms with Crippen molar-refractivity contribution in [1.82, 2.24) is 0 Å². The van der Waals surface area contributed by atoms with Gasteiger partial charge in [0.15, 0.2) is 0 Å². The van der Waals surface area contributed by atoms with Crippen LogP contribution >= 0.6 is 0 Å². The summed E-state index contributed by atoms with van der Waals surface area (Å²) in [5, 5.41) is 32.4. The van der Waals surface area contributed by atoms with Gasteiger partial charge in [-0.3, -0.25) is 14.4 Å². The molecule has 6 nitrogen and oxygen atoms in total. The molecule has 10 aliphatic rings. The molecule has 0 aromatic carbocycles. The first-order valence-electron chi connectivity index (χ1n) is 27.9. The zero-order valence-corrected chi connectivity index (χ0v) is 44.9. The van der Waals surface area contributed by atoms with Crippen molar-refractivity contribution in [2.45, 2.75) is 224 Å². The van der Waals surface area contributed by atoms with Crippen LogP contribution in [0.5, 0.6) is 0 Å². The summed E-state index contributed by atoms with van der Waals surface area (Å²) in [7, 11) is 0. The van der Waals surface area contributed by atoms with E-state index in [-0.39, 0.29) is 55.2 Å². The smallest absolute Gasteiger partial charge is 0.309 e. The average molecular weight is 925 g/mol. The van der Waals surface area contributed by atoms with Crippen LogP contribution in [-0.2, 0) is 14.4 Å². The molecule has 0 spiro atoms. The monoisotopic (exact) mass is 925 g/mol. The van der Waals surface area contributed by atoms with Crippen molar-refractivity contribution in [1.29, 1.82) is 0 Å². The lowest BCUT2D eigenvalue weighted by atomic mass is 9.31. The second kappa shape index (κ2) is 15.3. The van der Waals surface area contributed by atoms with Gasteiger partial charge in [0.1, 0.15) is 5.78 Å². The Kier molecular flexibility index (Phi) is 11.4. The second-order valence-corrected chi connectivity index (χ2v) is 29.4. The van der Waals surface area contributed by atoms with E-state index < -0.39 is 28.4 Å². The molecule has 0 aromatic rings. The zero-order chi connectivity index (χ0) is 49.3. The van der Waals surface area contributed by atoms with Gasteiger partial charge in [-0.25, -0.2) is 0 Å². The molecule has 376 valence electrons. The number of aliphatic carboxylic acids is 2. The number of hydrogen-bond acceptors (Lipinski definition) is 4. The average Bonchev–Trinajstić information content (AvgIpc) is 3.84. The number of ketones is 1. The molecule has 10 saturated carbocycles. The quantitative estimate of drug-likeness (QED) is 0.242. The van der Waals surface area contributed by atoms with E-state index >= 15 is 0 Å². The first-order valence-corrected chi connectivity index (χ1v) is 27.9. The SMILES string of the molecule is C=C(C)[C@@H]1CC[C@]2(C(=O)O)CC[C@]3(C)C(CCC4[C@@]5(C)CCC(=O)C(C)(C)C5CC[C@]43C)C12.C=C(C)[C@@H]1CC[C@]2(C(=O)O)CC[C@]3(C)C(CCC4[C@@]5(C)CC[C@](C)(O)C(C)(C)C5CC[C@]43C)C12. The predicted octanol–water partition coefficient (Wildman–Crippen LogP) is 14.8. The summed E-state index contributed by atoms with van der Waals surface area (Å²) >= 11 is 0. The number of rotatable bonds is 4. The van der Waals surface area contributed by atoms with Gasteiger partial charge in [0.2, 0.25) is 0 Å². The van der Waals surface area contributed by atoms with Gasteiger partial charge in [0, 0.05) is 11.8 Å². The Hall–Kier alpha value is -1.95. The van der Waals surface area contributed by atoms with Gasteiger partial charge in [-0.05, 0) is 240 Å². The third kappa shape index (κ3) is 6.16. The number of Topliss-reactive ketones (excluding diaryl/α,β-unsaturated/α-hetero) is 1. The van der Waals surface area contributed by atoms with E-state index in [1.807, 2.05) is 0 Å². The van der Waals surface area contributed by atoms with Crippen molar-refractivity contribution in [3.05, 3.63) is 24.3 Å². The third-order valence-corrected chi connectivity index (χ3v) is 27.4. The minimum absolute atomic E-state index is 0.0827. The van der Waals surface area contributed by atoms with Crippen LogP contribution in [0, 0.1) is 113 Å². The van der Waals surface area contributed by atoms with E-state index in [9.17, 15) is 29.7 Å². The molecule has 0 radical (unpaired) electrons. The number of carbonyl (C=O) groups is 3. The number of carbonyl (C=O) groups excluding carboxylic acids is 1. The first kappa shape index (κ1) is 50.0. The molecule has 0 heterocycles. The van der Waals surface area contributed by atoms with E-state index in [0.717, 1.165) is 89.9 Å². The maximum Gasteiger partial charge on any atom is 0.309 e. The molecule has 67 heavy (non-hydrogen) atoms. The fourth-order valence-corrected chi connectivity index (χ4v) is 22.9. The number of carboxylic acids is 2. The lowest BCUT2D eigenvalue weighted by Gasteiger charge is -2.73. The molecule has 8 unspecified atom stereocenters. The van der Waals surface area contributed by atoms with Crippen molar-refractivity contribution in [2.24, 2.45) is 113 Å². The van der Waals surface area contributed by atoms with E-state index in [1.54, 1.807) is 0 Å². The Morgan fingerprint density at radius 1 is 0.478 bits per heavy atom. The van der Waals surface area contributed by atoms with Crippen molar-refractivity contribution in [3.8, 4) is 0 Å². The number of hydrogen-bond donors (Lipinski definition) is 3. The van der Waals surface area contributed by atoms with Crippen molar-refractivity contribution < 1.29 is 29.7 Å². The highest BCUT2D eigenvalue weighted by molar-refractivity contribution is 5.85. The standard InChI is InChI=1S/C31H50O3.C30H46O3/c1-19(2)20-11-14-31(25(32)33)18-16-28(6)21(24(20)31)9-10-23-27(5)15-17-30(8,34)26(3,4)22(27)12-13-29(23,28)7;1-18(2)19-10-15-30(25(32)33)17-16-28(6)20(24(19)30)8-9-22-27(5)13-12-23(31)26(3,4)21(27)11-14-29(22,28)7/h20-24,34H,1,9-18H2,2-8H3,(H,32,33);19-22,24H,1,8-17H2,2-7H3,(H,32,33)/t20-,21?,22?,23?,24?,27-,28+,29+,30-,31-;19-,20?,21?,22?,24?,27-,28+,29+,30-/m00/s1. The van der Waals surface area contributed by atoms with Crippen LogP contribution in [0.1, 0.15) is 218 Å². The molecular formula is C61H96O6. The Bertz CT molecular complexity index is 2100. The molecule has 10 aliphatic carbocycles. The van der Waals surface area contributed by atoms with Crippen molar-refractivity contribution in [3.63, 3.8) is 0 Å². The van der Waals surface area contributed by atoms with E-state index in [4.69, 9.17) is 0 Å². The lowest BCUT2D eigenvalue weighted by Crippen LogP contribution is -2.68. The number of aliphatic hydroxyl groups is 1. The summed E-state index contributed by atoms with van der Waals surface area (Å²) in [6.45, 7) is 39.5. The summed E-state index contributed by atoms with van der Waals surface area (Å²) < 4.78 is 0. The van der Waals surface area contributed by atoms with Crippen LogP contribution in [0.25, 0.3) is 0 Å². The van der Waals surface area contributed by atoms with Gasteiger partial charge in [-0.2, -0.15) is 0 Å². The lowest BCUT2D eigenvalue weighted by molar-refractivity contribution is -0.261. The molecule has 0 aliphatic heterocycles. The van der Waals surface area contributed by atoms with Crippen LogP contribution in [0.2, 0.25) is 0 Å². The molecule has 19 atom stereocenters. The van der Waals surface area contributed by atoms with Crippen molar-refractivity contribution >= 4 is 17.7 Å². The number of allylic oxidation sites excluding steroid dienone is 2. The molecule has 0 bridgehead atoms. The highest BCUT2D eigenvalue weighted by Crippen LogP contribution is 2.80. The molecule has 0 saturated heterocycles. The normalized spacial score (nSPS) is 54.4. The fraction of sp³-hybridized carbons (Fsp3) is 0.885. The summed E-state index contributed by atoms with van der Waals surface area (Å²) in [5.74, 6) is 3.79. The minimum Gasteiger partial charge on any atom is -0.481 e. The van der Waals surface area contributed by atoms with Gasteiger partial charge in [-0.15, -0.1) is 0 Å². The summed E-state index contributed by atoms with van der Waals surface area (Å²) in [6, 6.07) is 0. The van der Waals surface area contributed by atoms with Crippen LogP contribution in [0.4, 0.5) is 0 Å². The fourth-order valence-electron chi connectivity index (χ4n) is 22.9. The highest BCUT2D eigenvalue weighted by Gasteiger charge is 2.74. The predicted molar refractivity (Wildman–Crippen MR) is 269 cm³/mol. The van der Waals surface area contributed by atoms with Gasteiger partial charge in [-0.1, -0.05) is 93.5 Å². The first-order chi connectivity index (χ1) is 30.8. The maximum atomic E-state index is 12.9. The third-order valence-electron chi connectivity index (χ3n) is 27.4. The summed E-state index contributed by atoms with van der Waals surface area (Å²) in [6.07, 6.45) is 20.7. The van der Waals surface area contributed by atoms with E-state index in [2.05, 4.69) is 103 Å². The molecule has 10 fully saturated rings. The van der Waals surface area contributed by atoms with Crippen LogP contribution in [-0.4, -0.2) is 38.6 Å². The maximum absolute atomic E-state index is 12.9. The van der Waals surface area contributed by atoms with Gasteiger partial charge >= 0.3 is 11.9 Å². The van der Waals surface area contributed by atoms with Gasteiger partial charge in [0.25, 0.3) is 0 Å². The van der Waals surface area contributed by atoms with E-state index in [0.29, 0.717) is 53.1 Å². The van der Waals surface area contributed by atoms with E-state index in [1.165, 1.54) is 49.7 Å². The van der Waals surface area contributed by atoms with Crippen LogP contribution < -0.4 is 0 Å². The van der Waals surface area contributed by atoms with Crippen molar-refractivity contribution in [2.75, 3.05) is 0 Å². The minimum atomic E-state index is -0.601. The molecular weight excluding hydrogens is 829 g/mol.